The highest BCUT2D eigenvalue weighted by Crippen LogP contribution is 2.41. The molecule has 1 fully saturated rings. The molecule has 0 saturated carbocycles. The average Bonchev–Trinajstić information content (AvgIpc) is 2.73. The van der Waals surface area contributed by atoms with E-state index in [1.807, 2.05) is 11.6 Å². The second-order valence-electron chi connectivity index (χ2n) is 3.27. The Morgan fingerprint density at radius 1 is 1.77 bits per heavy atom. The summed E-state index contributed by atoms with van der Waals surface area (Å²) in [5, 5.41) is 2.97. The van der Waals surface area contributed by atoms with Crippen LogP contribution in [0, 0.1) is 0 Å². The van der Waals surface area contributed by atoms with Gasteiger partial charge in [0.05, 0.1) is 6.33 Å². The molecular formula is C7H9N5O. The summed E-state index contributed by atoms with van der Waals surface area (Å²) in [7, 11) is 1.88. The van der Waals surface area contributed by atoms with Gasteiger partial charge in [-0.1, -0.05) is 0 Å². The third-order valence-electron chi connectivity index (χ3n) is 2.28. The Labute approximate surface area is 74.4 Å². The van der Waals surface area contributed by atoms with Gasteiger partial charge in [0.15, 0.2) is 11.8 Å². The number of epoxide rings is 1. The summed E-state index contributed by atoms with van der Waals surface area (Å²) in [4.78, 5) is 8.36. The van der Waals surface area contributed by atoms with Crippen molar-refractivity contribution < 1.29 is 4.74 Å². The van der Waals surface area contributed by atoms with Crippen LogP contribution in [0.25, 0.3) is 0 Å². The number of fused-ring (bicyclic) bond motifs is 2. The van der Waals surface area contributed by atoms with E-state index in [9.17, 15) is 0 Å². The van der Waals surface area contributed by atoms with E-state index in [1.165, 1.54) is 0 Å². The van der Waals surface area contributed by atoms with E-state index in [0.717, 1.165) is 11.5 Å². The zero-order valence-corrected chi connectivity index (χ0v) is 7.11. The predicted molar refractivity (Wildman–Crippen MR) is 45.3 cm³/mol. The van der Waals surface area contributed by atoms with Gasteiger partial charge < -0.3 is 20.4 Å². The molecule has 0 radical (unpaired) electrons. The van der Waals surface area contributed by atoms with Gasteiger partial charge in [0.25, 0.3) is 0 Å². The van der Waals surface area contributed by atoms with Crippen molar-refractivity contribution in [3.63, 3.8) is 0 Å². The minimum absolute atomic E-state index is 0.383. The Morgan fingerprint density at radius 3 is 3.23 bits per heavy atom. The van der Waals surface area contributed by atoms with E-state index in [-0.39, 0.29) is 0 Å². The standard InChI is InChI=1S/C7H9N5O/c1-12-3-9-4-5(12)10-6(8)11-7(4)2-13-7/h3H,2H2,1H3,(H3,8,10,11). The molecule has 1 saturated heterocycles. The van der Waals surface area contributed by atoms with Crippen LogP contribution in [0.5, 0.6) is 0 Å². The number of imidazole rings is 1. The van der Waals surface area contributed by atoms with Crippen LogP contribution >= 0.6 is 0 Å². The fourth-order valence-corrected chi connectivity index (χ4v) is 1.53. The first-order valence-electron chi connectivity index (χ1n) is 3.99. The molecule has 68 valence electrons. The fourth-order valence-electron chi connectivity index (χ4n) is 1.53. The van der Waals surface area contributed by atoms with Crippen molar-refractivity contribution in [2.24, 2.45) is 17.8 Å². The third kappa shape index (κ3) is 0.752. The summed E-state index contributed by atoms with van der Waals surface area (Å²) in [6.45, 7) is 0.604. The quantitative estimate of drug-likeness (QED) is 0.508. The van der Waals surface area contributed by atoms with Gasteiger partial charge in [0, 0.05) is 7.05 Å². The van der Waals surface area contributed by atoms with E-state index in [4.69, 9.17) is 10.5 Å². The normalized spacial score (nSPS) is 29.5. The minimum atomic E-state index is -0.484. The molecule has 3 N–H and O–H groups in total. The molecular weight excluding hydrogens is 170 g/mol. The van der Waals surface area contributed by atoms with Gasteiger partial charge in [-0.2, -0.15) is 4.99 Å². The number of hydrogen-bond acceptors (Lipinski definition) is 5. The molecule has 1 spiro atoms. The molecule has 1 atom stereocenters. The number of ether oxygens (including phenoxy) is 1. The van der Waals surface area contributed by atoms with Crippen molar-refractivity contribution in [2.75, 3.05) is 6.61 Å². The van der Waals surface area contributed by atoms with Gasteiger partial charge in [-0.15, -0.1) is 0 Å². The molecule has 0 aliphatic carbocycles. The number of nitrogens with one attached hydrogen (secondary N) is 1. The lowest BCUT2D eigenvalue weighted by Crippen LogP contribution is -2.43. The van der Waals surface area contributed by atoms with E-state index in [0.29, 0.717) is 12.6 Å². The summed E-state index contributed by atoms with van der Waals surface area (Å²) in [6, 6.07) is 0. The number of aliphatic imine (C=N–C) groups is 1. The lowest BCUT2D eigenvalue weighted by Gasteiger charge is -2.18. The van der Waals surface area contributed by atoms with Gasteiger partial charge in [0.2, 0.25) is 5.72 Å². The summed E-state index contributed by atoms with van der Waals surface area (Å²) < 4.78 is 7.13. The van der Waals surface area contributed by atoms with Crippen LogP contribution in [0.1, 0.15) is 5.69 Å². The molecule has 1 aromatic rings. The van der Waals surface area contributed by atoms with Gasteiger partial charge in [-0.3, -0.25) is 0 Å². The summed E-state index contributed by atoms with van der Waals surface area (Å²) in [5.74, 6) is 1.15. The average molecular weight is 179 g/mol. The van der Waals surface area contributed by atoms with Crippen LogP contribution in [0.15, 0.2) is 11.3 Å². The van der Waals surface area contributed by atoms with Crippen molar-refractivity contribution >= 4 is 11.8 Å². The molecule has 3 heterocycles. The Balaban J connectivity index is 2.24. The zero-order chi connectivity index (χ0) is 9.05. The van der Waals surface area contributed by atoms with Gasteiger partial charge in [-0.25, -0.2) is 4.98 Å². The van der Waals surface area contributed by atoms with E-state index in [2.05, 4.69) is 15.3 Å². The topological polar surface area (TPSA) is 80.8 Å². The molecule has 0 bridgehead atoms. The molecule has 2 aliphatic rings. The van der Waals surface area contributed by atoms with Gasteiger partial charge in [0.1, 0.15) is 12.3 Å². The molecule has 0 amide bonds. The van der Waals surface area contributed by atoms with Crippen LogP contribution in [0.2, 0.25) is 0 Å². The molecule has 0 aromatic carbocycles. The van der Waals surface area contributed by atoms with Crippen LogP contribution in [0.3, 0.4) is 0 Å². The highest BCUT2D eigenvalue weighted by atomic mass is 16.6. The molecule has 6 heteroatoms. The Hall–Kier alpha value is -1.56. The maximum Gasteiger partial charge on any atom is 0.212 e. The minimum Gasteiger partial charge on any atom is -0.370 e. The molecule has 1 aromatic heterocycles. The first kappa shape index (κ1) is 6.90. The SMILES string of the molecule is Cn1cnc2c1N=C(N)NC21CO1. The number of nitrogens with zero attached hydrogens (tertiary/aromatic N) is 3. The maximum absolute atomic E-state index is 5.61. The van der Waals surface area contributed by atoms with Crippen molar-refractivity contribution in [1.29, 1.82) is 0 Å². The van der Waals surface area contributed by atoms with Gasteiger partial charge in [-0.05, 0) is 0 Å². The van der Waals surface area contributed by atoms with Crippen molar-refractivity contribution in [3.8, 4) is 0 Å². The number of rotatable bonds is 0. The molecule has 3 rings (SSSR count). The number of guanidine groups is 1. The smallest absolute Gasteiger partial charge is 0.212 e. The van der Waals surface area contributed by atoms with Crippen LogP contribution in [-0.4, -0.2) is 22.1 Å². The second kappa shape index (κ2) is 1.85. The Kier molecular flexibility index (Phi) is 0.981. The van der Waals surface area contributed by atoms with E-state index >= 15 is 0 Å². The third-order valence-corrected chi connectivity index (χ3v) is 2.28. The van der Waals surface area contributed by atoms with Crippen molar-refractivity contribution in [3.05, 3.63) is 12.0 Å². The maximum atomic E-state index is 5.61. The first-order valence-corrected chi connectivity index (χ1v) is 3.99. The number of nitrogens with two attached hydrogens (primary N) is 1. The molecule has 2 aliphatic heterocycles. The highest BCUT2D eigenvalue weighted by molar-refractivity contribution is 5.84. The monoisotopic (exact) mass is 179 g/mol. The largest absolute Gasteiger partial charge is 0.370 e. The Morgan fingerprint density at radius 2 is 2.54 bits per heavy atom. The van der Waals surface area contributed by atoms with Crippen LogP contribution in [-0.2, 0) is 17.5 Å². The van der Waals surface area contributed by atoms with Crippen molar-refractivity contribution in [2.45, 2.75) is 5.72 Å². The van der Waals surface area contributed by atoms with Crippen LogP contribution < -0.4 is 11.1 Å². The van der Waals surface area contributed by atoms with Crippen molar-refractivity contribution in [1.82, 2.24) is 14.9 Å². The lowest BCUT2D eigenvalue weighted by molar-refractivity contribution is 0.282. The number of hydrogen-bond donors (Lipinski definition) is 2. The summed E-state index contributed by atoms with van der Waals surface area (Å²) in [5.41, 5.74) is 5.95. The second-order valence-corrected chi connectivity index (χ2v) is 3.27. The summed E-state index contributed by atoms with van der Waals surface area (Å²) in [6.07, 6.45) is 1.71. The number of aryl methyl sites for hydroxylation is 1. The molecule has 1 unspecified atom stereocenters. The highest BCUT2D eigenvalue weighted by Gasteiger charge is 2.53. The van der Waals surface area contributed by atoms with E-state index in [1.54, 1.807) is 6.33 Å². The predicted octanol–water partition coefficient (Wildman–Crippen LogP) is -0.848. The zero-order valence-electron chi connectivity index (χ0n) is 7.11. The Bertz CT molecular complexity index is 403. The fraction of sp³-hybridized carbons (Fsp3) is 0.429. The molecule has 6 nitrogen and oxygen atoms in total. The lowest BCUT2D eigenvalue weighted by atomic mass is 10.2. The summed E-state index contributed by atoms with van der Waals surface area (Å²) >= 11 is 0. The number of aromatic nitrogens is 2. The first-order chi connectivity index (χ1) is 6.21. The van der Waals surface area contributed by atoms with Gasteiger partial charge >= 0.3 is 0 Å². The van der Waals surface area contributed by atoms with Crippen LogP contribution in [0.4, 0.5) is 5.82 Å². The van der Waals surface area contributed by atoms with E-state index < -0.39 is 5.72 Å². The molecule has 13 heavy (non-hydrogen) atoms.